The highest BCUT2D eigenvalue weighted by Gasteiger charge is 2.18. The summed E-state index contributed by atoms with van der Waals surface area (Å²) < 4.78 is 12.9. The highest BCUT2D eigenvalue weighted by molar-refractivity contribution is 9.10. The second kappa shape index (κ2) is 5.58. The van der Waals surface area contributed by atoms with E-state index in [9.17, 15) is 0 Å². The number of hydrogen-bond donors (Lipinski definition) is 2. The molecule has 0 fully saturated rings. The van der Waals surface area contributed by atoms with Crippen LogP contribution in [0.5, 0.6) is 5.75 Å². The van der Waals surface area contributed by atoms with Crippen LogP contribution in [-0.4, -0.2) is 22.1 Å². The van der Waals surface area contributed by atoms with Crippen LogP contribution in [0.3, 0.4) is 0 Å². The van der Waals surface area contributed by atoms with Crippen molar-refractivity contribution in [2.45, 2.75) is 0 Å². The van der Waals surface area contributed by atoms with Crippen molar-refractivity contribution >= 4 is 42.8 Å². The number of oxazole rings is 1. The molecule has 0 aliphatic rings. The lowest BCUT2D eigenvalue weighted by atomic mass is 10.2. The normalized spacial score (nSPS) is 11.3. The second-order valence-corrected chi connectivity index (χ2v) is 6.64. The van der Waals surface area contributed by atoms with Gasteiger partial charge >= 0.3 is 0 Å². The number of fused-ring (bicyclic) bond motifs is 1. The van der Waals surface area contributed by atoms with Crippen LogP contribution in [0.25, 0.3) is 33.9 Å². The first-order valence-corrected chi connectivity index (χ1v) is 8.41. The van der Waals surface area contributed by atoms with Gasteiger partial charge in [-0.1, -0.05) is 15.9 Å². The van der Waals surface area contributed by atoms with E-state index in [0.29, 0.717) is 16.3 Å². The minimum Gasteiger partial charge on any atom is -0.496 e. The van der Waals surface area contributed by atoms with Crippen molar-refractivity contribution in [2.75, 3.05) is 7.11 Å². The Morgan fingerprint density at radius 3 is 2.78 bits per heavy atom. The molecule has 0 radical (unpaired) electrons. The predicted molar refractivity (Wildman–Crippen MR) is 95.5 cm³/mol. The Bertz CT molecular complexity index is 987. The summed E-state index contributed by atoms with van der Waals surface area (Å²) in [6.07, 6.45) is 1.83. The first-order valence-electron chi connectivity index (χ1n) is 6.82. The van der Waals surface area contributed by atoms with Gasteiger partial charge in [0.25, 0.3) is 0 Å². The summed E-state index contributed by atoms with van der Waals surface area (Å²) in [6.45, 7) is 0. The number of aromatic amines is 2. The topological polar surface area (TPSA) is 66.8 Å². The minimum atomic E-state index is 0.531. The average molecular weight is 437 g/mol. The number of ether oxygens (including phenoxy) is 1. The van der Waals surface area contributed by atoms with Gasteiger partial charge in [-0.2, -0.15) is 0 Å². The van der Waals surface area contributed by atoms with E-state index in [1.54, 1.807) is 7.11 Å². The van der Waals surface area contributed by atoms with Gasteiger partial charge in [-0.15, -0.1) is 0 Å². The van der Waals surface area contributed by atoms with E-state index >= 15 is 0 Å². The third-order valence-corrected chi connectivity index (χ3v) is 4.54. The number of rotatable bonds is 3. The largest absolute Gasteiger partial charge is 0.496 e. The maximum absolute atomic E-state index is 5.91. The smallest absolute Gasteiger partial charge is 0.244 e. The van der Waals surface area contributed by atoms with E-state index < -0.39 is 0 Å². The van der Waals surface area contributed by atoms with Crippen LogP contribution in [-0.2, 0) is 0 Å². The Labute approximate surface area is 148 Å². The lowest BCUT2D eigenvalue weighted by molar-refractivity contribution is 0.419. The van der Waals surface area contributed by atoms with Gasteiger partial charge in [0, 0.05) is 16.1 Å². The molecule has 116 valence electrons. The molecule has 3 heterocycles. The Hall–Kier alpha value is -1.99. The molecule has 4 aromatic rings. The number of halogens is 2. The molecule has 0 aliphatic carbocycles. The lowest BCUT2D eigenvalue weighted by Crippen LogP contribution is -1.83. The van der Waals surface area contributed by atoms with Crippen molar-refractivity contribution in [3.63, 3.8) is 0 Å². The van der Waals surface area contributed by atoms with Crippen molar-refractivity contribution in [3.8, 4) is 28.8 Å². The van der Waals surface area contributed by atoms with E-state index in [1.807, 2.05) is 36.5 Å². The molecule has 0 unspecified atom stereocenters. The first kappa shape index (κ1) is 14.6. The van der Waals surface area contributed by atoms with Crippen molar-refractivity contribution < 1.29 is 9.15 Å². The summed E-state index contributed by atoms with van der Waals surface area (Å²) in [5.41, 5.74) is 2.61. The van der Waals surface area contributed by atoms with Crippen LogP contribution >= 0.6 is 31.9 Å². The molecular weight excluding hydrogens is 426 g/mol. The van der Waals surface area contributed by atoms with Gasteiger partial charge in [0.2, 0.25) is 5.89 Å². The molecule has 0 atom stereocenters. The fraction of sp³-hybridized carbons (Fsp3) is 0.0625. The fourth-order valence-electron chi connectivity index (χ4n) is 2.51. The maximum Gasteiger partial charge on any atom is 0.244 e. The SMILES string of the molecule is COc1cc(Br)cc2[nH]c(-c3oc(-c4ccc[nH]4)nc3Br)cc12. The third-order valence-electron chi connectivity index (χ3n) is 3.54. The quantitative estimate of drug-likeness (QED) is 0.454. The van der Waals surface area contributed by atoms with Gasteiger partial charge in [-0.05, 0) is 46.3 Å². The summed E-state index contributed by atoms with van der Waals surface area (Å²) in [5.74, 6) is 1.96. The summed E-state index contributed by atoms with van der Waals surface area (Å²) in [4.78, 5) is 10.8. The monoisotopic (exact) mass is 435 g/mol. The molecule has 4 rings (SSSR count). The zero-order valence-electron chi connectivity index (χ0n) is 12.0. The van der Waals surface area contributed by atoms with Gasteiger partial charge in [0.15, 0.2) is 10.4 Å². The molecule has 5 nitrogen and oxygen atoms in total. The number of hydrogen-bond acceptors (Lipinski definition) is 3. The zero-order valence-corrected chi connectivity index (χ0v) is 15.2. The van der Waals surface area contributed by atoms with E-state index in [1.165, 1.54) is 0 Å². The highest BCUT2D eigenvalue weighted by Crippen LogP contribution is 2.37. The molecule has 2 N–H and O–H groups in total. The minimum absolute atomic E-state index is 0.531. The molecule has 0 saturated heterocycles. The molecule has 0 bridgehead atoms. The zero-order chi connectivity index (χ0) is 16.0. The number of nitrogens with one attached hydrogen (secondary N) is 2. The summed E-state index contributed by atoms with van der Waals surface area (Å²) in [5, 5.41) is 0.982. The first-order chi connectivity index (χ1) is 11.2. The summed E-state index contributed by atoms with van der Waals surface area (Å²) >= 11 is 6.95. The van der Waals surface area contributed by atoms with E-state index in [2.05, 4.69) is 46.8 Å². The maximum atomic E-state index is 5.91. The highest BCUT2D eigenvalue weighted by atomic mass is 79.9. The van der Waals surface area contributed by atoms with Gasteiger partial charge in [0.05, 0.1) is 18.3 Å². The van der Waals surface area contributed by atoms with Crippen LogP contribution in [0.1, 0.15) is 0 Å². The number of aromatic nitrogens is 3. The van der Waals surface area contributed by atoms with Crippen molar-refractivity contribution in [1.29, 1.82) is 0 Å². The standard InChI is InChI=1S/C16H11Br2N3O2/c1-22-13-6-8(17)5-11-9(13)7-12(20-11)14-15(18)21-16(23-14)10-3-2-4-19-10/h2-7,19-20H,1H3. The van der Waals surface area contributed by atoms with Crippen LogP contribution in [0.4, 0.5) is 0 Å². The third kappa shape index (κ3) is 2.49. The Morgan fingerprint density at radius 2 is 2.04 bits per heavy atom. The molecule has 7 heteroatoms. The lowest BCUT2D eigenvalue weighted by Gasteiger charge is -2.01. The molecule has 0 saturated carbocycles. The Kier molecular flexibility index (Phi) is 3.54. The molecule has 23 heavy (non-hydrogen) atoms. The van der Waals surface area contributed by atoms with Crippen molar-refractivity contribution in [1.82, 2.24) is 15.0 Å². The number of H-pyrrole nitrogens is 2. The Balaban J connectivity index is 1.86. The van der Waals surface area contributed by atoms with E-state index in [0.717, 1.165) is 32.5 Å². The van der Waals surface area contributed by atoms with Gasteiger partial charge in [-0.25, -0.2) is 4.98 Å². The van der Waals surface area contributed by atoms with Crippen LogP contribution in [0.15, 0.2) is 50.0 Å². The van der Waals surface area contributed by atoms with E-state index in [-0.39, 0.29) is 0 Å². The average Bonchev–Trinajstić information content (AvgIpc) is 3.23. The molecule has 0 aliphatic heterocycles. The second-order valence-electron chi connectivity index (χ2n) is 4.98. The fourth-order valence-corrected chi connectivity index (χ4v) is 3.40. The number of methoxy groups -OCH3 is 1. The molecule has 1 aromatic carbocycles. The van der Waals surface area contributed by atoms with Crippen LogP contribution < -0.4 is 4.74 Å². The number of benzene rings is 1. The molecule has 0 amide bonds. The van der Waals surface area contributed by atoms with Crippen molar-refractivity contribution in [2.24, 2.45) is 0 Å². The Morgan fingerprint density at radius 1 is 1.17 bits per heavy atom. The van der Waals surface area contributed by atoms with Gasteiger partial charge in [0.1, 0.15) is 11.4 Å². The van der Waals surface area contributed by atoms with Crippen LogP contribution in [0.2, 0.25) is 0 Å². The van der Waals surface area contributed by atoms with E-state index in [4.69, 9.17) is 9.15 Å². The van der Waals surface area contributed by atoms with Gasteiger partial charge in [-0.3, -0.25) is 0 Å². The summed E-state index contributed by atoms with van der Waals surface area (Å²) in [7, 11) is 1.65. The molecular formula is C16H11Br2N3O2. The molecule has 0 spiro atoms. The summed E-state index contributed by atoms with van der Waals surface area (Å²) in [6, 6.07) is 9.73. The molecule has 3 aromatic heterocycles. The predicted octanol–water partition coefficient (Wildman–Crippen LogP) is 5.35. The van der Waals surface area contributed by atoms with Crippen molar-refractivity contribution in [3.05, 3.63) is 45.6 Å². The number of nitrogens with zero attached hydrogens (tertiary/aromatic N) is 1. The van der Waals surface area contributed by atoms with Gasteiger partial charge < -0.3 is 19.1 Å². The van der Waals surface area contributed by atoms with Crippen LogP contribution in [0, 0.1) is 0 Å².